The van der Waals surface area contributed by atoms with Crippen molar-refractivity contribution >= 4 is 49.4 Å². The number of carbonyl (C=O) groups excluding carboxylic acids is 1. The van der Waals surface area contributed by atoms with Crippen molar-refractivity contribution in [3.63, 3.8) is 0 Å². The van der Waals surface area contributed by atoms with E-state index in [2.05, 4.69) is 31.9 Å². The Balaban J connectivity index is 2.92. The maximum absolute atomic E-state index is 12.0. The average molecular weight is 369 g/mol. The van der Waals surface area contributed by atoms with E-state index in [9.17, 15) is 4.79 Å². The topological polar surface area (TPSA) is 20.3 Å². The Labute approximate surface area is 117 Å². The molecule has 1 aromatic carbocycles. The second-order valence-electron chi connectivity index (χ2n) is 3.55. The lowest BCUT2D eigenvalue weighted by molar-refractivity contribution is 0.0758. The second kappa shape index (κ2) is 6.03. The lowest BCUT2D eigenvalue weighted by Gasteiger charge is -2.23. The van der Waals surface area contributed by atoms with Gasteiger partial charge in [-0.2, -0.15) is 0 Å². The fourth-order valence-electron chi connectivity index (χ4n) is 1.14. The highest BCUT2D eigenvalue weighted by molar-refractivity contribution is 9.10. The molecule has 0 aliphatic rings. The molecular formula is C11H12Br2ClNO. The van der Waals surface area contributed by atoms with Crippen molar-refractivity contribution in [2.24, 2.45) is 0 Å². The highest BCUT2D eigenvalue weighted by Gasteiger charge is 2.17. The van der Waals surface area contributed by atoms with Crippen LogP contribution in [0.25, 0.3) is 0 Å². The number of benzene rings is 1. The molecule has 1 aromatic rings. The molecule has 5 heteroatoms. The Morgan fingerprint density at radius 3 is 2.69 bits per heavy atom. The van der Waals surface area contributed by atoms with Crippen LogP contribution in [0, 0.1) is 0 Å². The fourth-order valence-corrected chi connectivity index (χ4v) is 2.00. The van der Waals surface area contributed by atoms with E-state index >= 15 is 0 Å². The molecule has 0 saturated heterocycles. The largest absolute Gasteiger partial charge is 0.338 e. The van der Waals surface area contributed by atoms with Crippen molar-refractivity contribution in [2.45, 2.75) is 13.0 Å². The smallest absolute Gasteiger partial charge is 0.253 e. The van der Waals surface area contributed by atoms with Gasteiger partial charge in [0.2, 0.25) is 0 Å². The molecule has 1 rings (SSSR count). The van der Waals surface area contributed by atoms with Gasteiger partial charge >= 0.3 is 0 Å². The number of hydrogen-bond acceptors (Lipinski definition) is 1. The highest BCUT2D eigenvalue weighted by Crippen LogP contribution is 2.24. The molecule has 0 fully saturated rings. The standard InChI is InChI=1S/C11H12Br2ClNO/c1-7(6-12)15(2)11(16)8-3-4-9(13)10(14)5-8/h3-5,7H,6H2,1-2H3. The lowest BCUT2D eigenvalue weighted by atomic mass is 10.2. The monoisotopic (exact) mass is 367 g/mol. The molecule has 0 spiro atoms. The molecule has 1 unspecified atom stereocenters. The van der Waals surface area contributed by atoms with Crippen molar-refractivity contribution in [1.82, 2.24) is 4.90 Å². The first-order valence-corrected chi connectivity index (χ1v) is 7.04. The van der Waals surface area contributed by atoms with Crippen molar-refractivity contribution in [1.29, 1.82) is 0 Å². The van der Waals surface area contributed by atoms with Gasteiger partial charge in [0, 0.05) is 28.5 Å². The molecule has 0 aromatic heterocycles. The minimum atomic E-state index is -0.0265. The van der Waals surface area contributed by atoms with E-state index in [-0.39, 0.29) is 11.9 Å². The van der Waals surface area contributed by atoms with E-state index in [0.717, 1.165) is 9.80 Å². The molecule has 0 radical (unpaired) electrons. The van der Waals surface area contributed by atoms with Gasteiger partial charge in [-0.15, -0.1) is 0 Å². The van der Waals surface area contributed by atoms with Crippen LogP contribution in [-0.2, 0) is 0 Å². The predicted octanol–water partition coefficient (Wildman–Crippen LogP) is 3.96. The molecule has 2 nitrogen and oxygen atoms in total. The normalized spacial score (nSPS) is 12.3. The summed E-state index contributed by atoms with van der Waals surface area (Å²) in [5, 5.41) is 1.30. The zero-order valence-corrected chi connectivity index (χ0v) is 12.9. The molecule has 0 aliphatic carbocycles. The third kappa shape index (κ3) is 3.22. The van der Waals surface area contributed by atoms with Crippen LogP contribution in [0.15, 0.2) is 22.7 Å². The first kappa shape index (κ1) is 14.0. The van der Waals surface area contributed by atoms with E-state index in [0.29, 0.717) is 10.6 Å². The molecule has 0 heterocycles. The summed E-state index contributed by atoms with van der Waals surface area (Å²) in [6.45, 7) is 1.98. The summed E-state index contributed by atoms with van der Waals surface area (Å²) in [6.07, 6.45) is 0. The van der Waals surface area contributed by atoms with Crippen LogP contribution in [0.4, 0.5) is 0 Å². The van der Waals surface area contributed by atoms with Crippen LogP contribution in [0.3, 0.4) is 0 Å². The Morgan fingerprint density at radius 2 is 2.19 bits per heavy atom. The Morgan fingerprint density at radius 1 is 1.56 bits per heavy atom. The van der Waals surface area contributed by atoms with Crippen LogP contribution in [0.1, 0.15) is 17.3 Å². The van der Waals surface area contributed by atoms with E-state index in [1.54, 1.807) is 30.1 Å². The SMILES string of the molecule is CC(CBr)N(C)C(=O)c1ccc(Br)c(Cl)c1. The third-order valence-electron chi connectivity index (χ3n) is 2.37. The van der Waals surface area contributed by atoms with Crippen LogP contribution >= 0.6 is 43.5 Å². The lowest BCUT2D eigenvalue weighted by Crippen LogP contribution is -2.36. The minimum Gasteiger partial charge on any atom is -0.338 e. The molecule has 0 aliphatic heterocycles. The van der Waals surface area contributed by atoms with Gasteiger partial charge in [0.15, 0.2) is 0 Å². The van der Waals surface area contributed by atoms with Crippen molar-refractivity contribution in [2.75, 3.05) is 12.4 Å². The van der Waals surface area contributed by atoms with Gasteiger partial charge in [-0.3, -0.25) is 4.79 Å². The minimum absolute atomic E-state index is 0.0265. The molecule has 0 N–H and O–H groups in total. The molecule has 16 heavy (non-hydrogen) atoms. The summed E-state index contributed by atoms with van der Waals surface area (Å²) >= 11 is 12.6. The predicted molar refractivity (Wildman–Crippen MR) is 74.5 cm³/mol. The molecule has 88 valence electrons. The number of nitrogens with zero attached hydrogens (tertiary/aromatic N) is 1. The summed E-state index contributed by atoms with van der Waals surface area (Å²) in [6, 6.07) is 5.36. The zero-order chi connectivity index (χ0) is 12.3. The van der Waals surface area contributed by atoms with Gasteiger partial charge in [0.1, 0.15) is 0 Å². The number of carbonyl (C=O) groups is 1. The van der Waals surface area contributed by atoms with Crippen LogP contribution in [0.5, 0.6) is 0 Å². The van der Waals surface area contributed by atoms with Gasteiger partial charge in [-0.05, 0) is 41.1 Å². The number of amides is 1. The van der Waals surface area contributed by atoms with Gasteiger partial charge in [-0.1, -0.05) is 27.5 Å². The molecule has 1 atom stereocenters. The van der Waals surface area contributed by atoms with Gasteiger partial charge in [0.05, 0.1) is 5.02 Å². The average Bonchev–Trinajstić information content (AvgIpc) is 2.29. The summed E-state index contributed by atoms with van der Waals surface area (Å²) < 4.78 is 0.793. The number of alkyl halides is 1. The maximum Gasteiger partial charge on any atom is 0.253 e. The Hall–Kier alpha value is -0.0600. The summed E-state index contributed by atoms with van der Waals surface area (Å²) in [5.41, 5.74) is 0.600. The van der Waals surface area contributed by atoms with E-state index in [1.807, 2.05) is 6.92 Å². The van der Waals surface area contributed by atoms with Gasteiger partial charge in [-0.25, -0.2) is 0 Å². The number of rotatable bonds is 3. The third-order valence-corrected chi connectivity index (χ3v) is 4.54. The summed E-state index contributed by atoms with van der Waals surface area (Å²) in [4.78, 5) is 13.7. The molecule has 1 amide bonds. The van der Waals surface area contributed by atoms with Crippen molar-refractivity contribution < 1.29 is 4.79 Å². The van der Waals surface area contributed by atoms with Crippen LogP contribution in [0.2, 0.25) is 5.02 Å². The van der Waals surface area contributed by atoms with Crippen LogP contribution in [-0.4, -0.2) is 29.2 Å². The zero-order valence-electron chi connectivity index (χ0n) is 9.01. The van der Waals surface area contributed by atoms with Gasteiger partial charge < -0.3 is 4.90 Å². The van der Waals surface area contributed by atoms with E-state index in [1.165, 1.54) is 0 Å². The first-order chi connectivity index (χ1) is 7.47. The quantitative estimate of drug-likeness (QED) is 0.739. The first-order valence-electron chi connectivity index (χ1n) is 4.75. The second-order valence-corrected chi connectivity index (χ2v) is 5.46. The Kier molecular flexibility index (Phi) is 5.28. The van der Waals surface area contributed by atoms with Crippen molar-refractivity contribution in [3.8, 4) is 0 Å². The number of hydrogen-bond donors (Lipinski definition) is 0. The maximum atomic E-state index is 12.0. The summed E-state index contributed by atoms with van der Waals surface area (Å²) in [7, 11) is 1.78. The summed E-state index contributed by atoms with van der Waals surface area (Å²) in [5.74, 6) is -0.0265. The van der Waals surface area contributed by atoms with Crippen LogP contribution < -0.4 is 0 Å². The Bertz CT molecular complexity index is 398. The molecule has 0 saturated carbocycles. The fraction of sp³-hybridized carbons (Fsp3) is 0.364. The van der Waals surface area contributed by atoms with E-state index < -0.39 is 0 Å². The number of halogens is 3. The molecule has 0 bridgehead atoms. The highest BCUT2D eigenvalue weighted by atomic mass is 79.9. The van der Waals surface area contributed by atoms with Gasteiger partial charge in [0.25, 0.3) is 5.91 Å². The van der Waals surface area contributed by atoms with Crippen molar-refractivity contribution in [3.05, 3.63) is 33.3 Å². The van der Waals surface area contributed by atoms with E-state index in [4.69, 9.17) is 11.6 Å². The molecular weight excluding hydrogens is 357 g/mol.